The molecule has 3 amide bonds. The Morgan fingerprint density at radius 1 is 1.22 bits per heavy atom. The molecular weight excluding hydrogens is 350 g/mol. The number of hydrogen-bond acceptors (Lipinski definition) is 5. The zero-order valence-corrected chi connectivity index (χ0v) is 15.6. The van der Waals surface area contributed by atoms with Crippen LogP contribution < -0.4 is 5.32 Å². The van der Waals surface area contributed by atoms with E-state index >= 15 is 0 Å². The maximum absolute atomic E-state index is 12.6. The second-order valence-corrected chi connectivity index (χ2v) is 6.86. The number of amidine groups is 1. The van der Waals surface area contributed by atoms with Crippen molar-refractivity contribution in [3.63, 3.8) is 0 Å². The topological polar surface area (TPSA) is 105 Å². The number of carboxylic acid groups (broad SMARTS) is 1. The van der Waals surface area contributed by atoms with E-state index < -0.39 is 30.5 Å². The third-order valence-electron chi connectivity index (χ3n) is 4.67. The summed E-state index contributed by atoms with van der Waals surface area (Å²) in [5.41, 5.74) is 1.88. The molecule has 142 valence electrons. The van der Waals surface area contributed by atoms with Gasteiger partial charge in [0.2, 0.25) is 11.9 Å². The molecule has 0 aromatic heterocycles. The number of fused-ring (bicyclic) bond motifs is 1. The minimum Gasteiger partial charge on any atom is -0.479 e. The zero-order valence-electron chi connectivity index (χ0n) is 15.6. The van der Waals surface area contributed by atoms with Gasteiger partial charge < -0.3 is 5.11 Å². The summed E-state index contributed by atoms with van der Waals surface area (Å²) in [6, 6.07) is 6.22. The largest absolute Gasteiger partial charge is 0.479 e. The number of carbonyl (C=O) groups excluding carboxylic acids is 2. The fourth-order valence-electron chi connectivity index (χ4n) is 3.09. The number of imide groups is 1. The van der Waals surface area contributed by atoms with Crippen molar-refractivity contribution < 1.29 is 24.1 Å². The maximum atomic E-state index is 12.6. The molecule has 0 bridgehead atoms. The van der Waals surface area contributed by atoms with E-state index in [1.807, 2.05) is 24.3 Å². The summed E-state index contributed by atoms with van der Waals surface area (Å²) < 4.78 is 1.36. The average Bonchev–Trinajstić information content (AvgIpc) is 2.96. The van der Waals surface area contributed by atoms with Crippen molar-refractivity contribution in [3.05, 3.63) is 29.8 Å². The van der Waals surface area contributed by atoms with Crippen LogP contribution in [-0.2, 0) is 9.59 Å². The lowest BCUT2D eigenvalue weighted by atomic mass is 10.0. The van der Waals surface area contributed by atoms with E-state index in [4.69, 9.17) is 0 Å². The van der Waals surface area contributed by atoms with Gasteiger partial charge in [-0.2, -0.15) is 0 Å². The number of rotatable bonds is 4. The lowest BCUT2D eigenvalue weighted by molar-refractivity contribution is -0.525. The fraction of sp³-hybridized carbons (Fsp3) is 0.389. The van der Waals surface area contributed by atoms with Crippen molar-refractivity contribution in [1.82, 2.24) is 9.80 Å². The van der Waals surface area contributed by atoms with Crippen LogP contribution in [0.3, 0.4) is 0 Å². The Labute approximate surface area is 156 Å². The number of nitrogens with zero attached hydrogens (tertiary/aromatic N) is 4. The zero-order chi connectivity index (χ0) is 19.9. The van der Waals surface area contributed by atoms with Gasteiger partial charge in [-0.05, 0) is 23.6 Å². The number of aliphatic carboxylic acids is 1. The van der Waals surface area contributed by atoms with Crippen LogP contribution >= 0.6 is 0 Å². The first-order valence-electron chi connectivity index (χ1n) is 8.57. The standard InChI is InChI=1S/C18H21N5O4/c1-10(2)11-5-7-12(8-6-11)19-17-20-15-14(23(17)9-13(24)25)16(26)22(4)18(27)21(15)3/h5-8,10,14H,9H2,1-4H3,(H,24,25)/p+1. The van der Waals surface area contributed by atoms with Crippen LogP contribution in [0.1, 0.15) is 25.3 Å². The van der Waals surface area contributed by atoms with E-state index in [0.29, 0.717) is 11.6 Å². The van der Waals surface area contributed by atoms with E-state index in [2.05, 4.69) is 24.2 Å². The van der Waals surface area contributed by atoms with Crippen LogP contribution in [-0.4, -0.2) is 75.9 Å². The Kier molecular flexibility index (Phi) is 4.69. The molecule has 27 heavy (non-hydrogen) atoms. The van der Waals surface area contributed by atoms with Crippen molar-refractivity contribution in [3.8, 4) is 0 Å². The number of guanidine groups is 1. The lowest BCUT2D eigenvalue weighted by Gasteiger charge is -2.31. The Balaban J connectivity index is 1.98. The molecule has 2 aliphatic heterocycles. The Morgan fingerprint density at radius 2 is 1.85 bits per heavy atom. The van der Waals surface area contributed by atoms with Crippen LogP contribution in [0.15, 0.2) is 29.3 Å². The van der Waals surface area contributed by atoms with E-state index in [1.165, 1.54) is 29.1 Å². The summed E-state index contributed by atoms with van der Waals surface area (Å²) in [6.07, 6.45) is 0. The van der Waals surface area contributed by atoms with Gasteiger partial charge >= 0.3 is 18.0 Å². The first-order chi connectivity index (χ1) is 12.7. The molecule has 1 aromatic rings. The first kappa shape index (κ1) is 18.6. The number of anilines is 1. The fourth-order valence-corrected chi connectivity index (χ4v) is 3.09. The number of carboxylic acids is 1. The molecule has 2 N–H and O–H groups in total. The van der Waals surface area contributed by atoms with Crippen molar-refractivity contribution in [2.75, 3.05) is 26.0 Å². The predicted molar refractivity (Wildman–Crippen MR) is 99.1 cm³/mol. The predicted octanol–water partition coefficient (Wildman–Crippen LogP) is 0.980. The number of urea groups is 1. The van der Waals surface area contributed by atoms with E-state index in [0.717, 1.165) is 4.90 Å². The van der Waals surface area contributed by atoms with Gasteiger partial charge in [0.15, 0.2) is 6.54 Å². The van der Waals surface area contributed by atoms with Gasteiger partial charge in [0.25, 0.3) is 5.91 Å². The van der Waals surface area contributed by atoms with E-state index in [9.17, 15) is 19.5 Å². The number of carbonyl (C=O) groups is 3. The summed E-state index contributed by atoms with van der Waals surface area (Å²) in [6.45, 7) is 3.76. The molecule has 1 saturated heterocycles. The molecule has 0 spiro atoms. The van der Waals surface area contributed by atoms with Crippen LogP contribution in [0.5, 0.6) is 0 Å². The Morgan fingerprint density at radius 3 is 2.41 bits per heavy atom. The number of nitrogens with one attached hydrogen (secondary N) is 1. The van der Waals surface area contributed by atoms with Crippen LogP contribution in [0.4, 0.5) is 10.5 Å². The number of amides is 3. The molecular formula is C18H22N5O4+. The second-order valence-electron chi connectivity index (χ2n) is 6.86. The highest BCUT2D eigenvalue weighted by molar-refractivity contribution is 6.23. The summed E-state index contributed by atoms with van der Waals surface area (Å²) in [5.74, 6) is -0.790. The van der Waals surface area contributed by atoms with Gasteiger partial charge in [0.1, 0.15) is 0 Å². The third-order valence-corrected chi connectivity index (χ3v) is 4.67. The van der Waals surface area contributed by atoms with Gasteiger partial charge in [-0.25, -0.2) is 19.5 Å². The Hall–Kier alpha value is -3.23. The quantitative estimate of drug-likeness (QED) is 0.767. The highest BCUT2D eigenvalue weighted by Gasteiger charge is 2.51. The molecule has 2 heterocycles. The molecule has 0 aliphatic carbocycles. The minimum atomic E-state index is -1.10. The number of aliphatic imine (C=N–C) groups is 1. The molecule has 2 aliphatic rings. The van der Waals surface area contributed by atoms with Gasteiger partial charge in [-0.3, -0.25) is 14.6 Å². The lowest BCUT2D eigenvalue weighted by Crippen LogP contribution is -2.61. The van der Waals surface area contributed by atoms with Crippen molar-refractivity contribution >= 4 is 35.4 Å². The van der Waals surface area contributed by atoms with E-state index in [1.54, 1.807) is 0 Å². The Bertz CT molecular complexity index is 872. The normalized spacial score (nSPS) is 19.6. The minimum absolute atomic E-state index is 0.214. The van der Waals surface area contributed by atoms with Gasteiger partial charge in [-0.15, -0.1) is 0 Å². The summed E-state index contributed by atoms with van der Waals surface area (Å²) >= 11 is 0. The van der Waals surface area contributed by atoms with Crippen molar-refractivity contribution in [2.24, 2.45) is 4.99 Å². The van der Waals surface area contributed by atoms with Gasteiger partial charge in [0.05, 0.1) is 5.69 Å². The first-order valence-corrected chi connectivity index (χ1v) is 8.57. The molecule has 0 saturated carbocycles. The highest BCUT2D eigenvalue weighted by Crippen LogP contribution is 2.21. The smallest absolute Gasteiger partial charge is 0.395 e. The monoisotopic (exact) mass is 372 g/mol. The van der Waals surface area contributed by atoms with Gasteiger partial charge in [-0.1, -0.05) is 31.0 Å². The van der Waals surface area contributed by atoms with Crippen molar-refractivity contribution in [2.45, 2.75) is 25.8 Å². The molecule has 1 fully saturated rings. The summed E-state index contributed by atoms with van der Waals surface area (Å²) in [4.78, 5) is 42.7. The second kappa shape index (κ2) is 6.82. The van der Waals surface area contributed by atoms with Crippen molar-refractivity contribution in [1.29, 1.82) is 0 Å². The molecule has 9 heteroatoms. The summed E-state index contributed by atoms with van der Waals surface area (Å²) in [7, 11) is 2.88. The third kappa shape index (κ3) is 3.27. The number of benzene rings is 1. The molecule has 0 radical (unpaired) electrons. The molecule has 3 rings (SSSR count). The molecule has 1 atom stereocenters. The highest BCUT2D eigenvalue weighted by atomic mass is 16.4. The molecule has 1 aromatic carbocycles. The van der Waals surface area contributed by atoms with Crippen LogP contribution in [0.2, 0.25) is 0 Å². The van der Waals surface area contributed by atoms with E-state index in [-0.39, 0.29) is 11.8 Å². The molecule has 1 unspecified atom stereocenters. The average molecular weight is 372 g/mol. The van der Waals surface area contributed by atoms with Crippen LogP contribution in [0.25, 0.3) is 0 Å². The molecule has 9 nitrogen and oxygen atoms in total. The maximum Gasteiger partial charge on any atom is 0.395 e. The number of hydrogen-bond donors (Lipinski definition) is 2. The van der Waals surface area contributed by atoms with Gasteiger partial charge in [0, 0.05) is 14.1 Å². The van der Waals surface area contributed by atoms with Crippen LogP contribution in [0, 0.1) is 0 Å². The summed E-state index contributed by atoms with van der Waals surface area (Å²) in [5, 5.41) is 12.3. The number of likely N-dealkylation sites (N-methyl/N-ethyl adjacent to an activating group) is 2. The SMILES string of the molecule is CC(C)c1ccc(NC2=[N+](CC(=O)O)C3C(=O)N(C)C(=O)N(C)C3=N2)cc1.